The SMILES string of the molecule is CC1=CC=C(N2CCN(C)CC2)C(F)C1. The van der Waals surface area contributed by atoms with Crippen molar-refractivity contribution in [2.24, 2.45) is 0 Å². The van der Waals surface area contributed by atoms with E-state index in [0.29, 0.717) is 6.42 Å². The number of likely N-dealkylation sites (N-methyl/N-ethyl adjacent to an activating group) is 1. The summed E-state index contributed by atoms with van der Waals surface area (Å²) in [6.45, 7) is 5.97. The maximum atomic E-state index is 13.8. The van der Waals surface area contributed by atoms with Crippen LogP contribution in [0.2, 0.25) is 0 Å². The van der Waals surface area contributed by atoms with Gasteiger partial charge in [-0.3, -0.25) is 0 Å². The van der Waals surface area contributed by atoms with Gasteiger partial charge in [-0.15, -0.1) is 0 Å². The monoisotopic (exact) mass is 210 g/mol. The molecule has 3 heteroatoms. The summed E-state index contributed by atoms with van der Waals surface area (Å²) in [5.74, 6) is 0. The standard InChI is InChI=1S/C12H19FN2/c1-10-3-4-12(11(13)9-10)15-7-5-14(2)6-8-15/h3-4,11H,5-9H2,1-2H3. The molecule has 1 fully saturated rings. The second-order valence-electron chi connectivity index (χ2n) is 4.57. The molecule has 84 valence electrons. The third kappa shape index (κ3) is 2.40. The molecule has 1 heterocycles. The molecule has 0 amide bonds. The molecular formula is C12H19FN2. The molecule has 0 aromatic carbocycles. The summed E-state index contributed by atoms with van der Waals surface area (Å²) in [4.78, 5) is 4.47. The van der Waals surface area contributed by atoms with Crippen molar-refractivity contribution in [3.63, 3.8) is 0 Å². The lowest BCUT2D eigenvalue weighted by Crippen LogP contribution is -2.45. The number of piperazine rings is 1. The van der Waals surface area contributed by atoms with E-state index in [2.05, 4.69) is 16.8 Å². The molecule has 1 aliphatic heterocycles. The molecule has 2 aliphatic rings. The van der Waals surface area contributed by atoms with Crippen molar-refractivity contribution in [1.82, 2.24) is 9.80 Å². The lowest BCUT2D eigenvalue weighted by molar-refractivity contribution is 0.161. The van der Waals surface area contributed by atoms with Crippen LogP contribution < -0.4 is 0 Å². The molecule has 2 nitrogen and oxygen atoms in total. The van der Waals surface area contributed by atoms with Gasteiger partial charge in [0.2, 0.25) is 0 Å². The Morgan fingerprint density at radius 2 is 1.87 bits per heavy atom. The second kappa shape index (κ2) is 4.35. The summed E-state index contributed by atoms with van der Waals surface area (Å²) in [6, 6.07) is 0. The largest absolute Gasteiger partial charge is 0.370 e. The number of halogens is 1. The summed E-state index contributed by atoms with van der Waals surface area (Å²) in [5.41, 5.74) is 2.02. The van der Waals surface area contributed by atoms with E-state index in [4.69, 9.17) is 0 Å². The normalized spacial score (nSPS) is 28.7. The quantitative estimate of drug-likeness (QED) is 0.651. The molecule has 0 aromatic rings. The van der Waals surface area contributed by atoms with Crippen LogP contribution in [0.15, 0.2) is 23.4 Å². The highest BCUT2D eigenvalue weighted by atomic mass is 19.1. The van der Waals surface area contributed by atoms with Crippen LogP contribution in [0.3, 0.4) is 0 Å². The van der Waals surface area contributed by atoms with Crippen molar-refractivity contribution >= 4 is 0 Å². The number of allylic oxidation sites excluding steroid dienone is 4. The van der Waals surface area contributed by atoms with Gasteiger partial charge in [0.05, 0.1) is 0 Å². The van der Waals surface area contributed by atoms with E-state index >= 15 is 0 Å². The zero-order chi connectivity index (χ0) is 10.8. The molecule has 15 heavy (non-hydrogen) atoms. The van der Waals surface area contributed by atoms with E-state index < -0.39 is 6.17 Å². The molecule has 0 aromatic heterocycles. The average molecular weight is 210 g/mol. The van der Waals surface area contributed by atoms with E-state index in [-0.39, 0.29) is 0 Å². The average Bonchev–Trinajstić information content (AvgIpc) is 2.20. The van der Waals surface area contributed by atoms with Crippen LogP contribution in [0.25, 0.3) is 0 Å². The Morgan fingerprint density at radius 1 is 1.20 bits per heavy atom. The maximum absolute atomic E-state index is 13.8. The first-order valence-corrected chi connectivity index (χ1v) is 5.62. The number of nitrogens with zero attached hydrogens (tertiary/aromatic N) is 2. The highest BCUT2D eigenvalue weighted by Crippen LogP contribution is 2.25. The Hall–Kier alpha value is -0.830. The molecule has 1 unspecified atom stereocenters. The maximum Gasteiger partial charge on any atom is 0.143 e. The van der Waals surface area contributed by atoms with Crippen molar-refractivity contribution in [3.8, 4) is 0 Å². The molecular weight excluding hydrogens is 191 g/mol. The summed E-state index contributed by atoms with van der Waals surface area (Å²) in [5, 5.41) is 0. The van der Waals surface area contributed by atoms with Crippen LogP contribution in [0.1, 0.15) is 13.3 Å². The Kier molecular flexibility index (Phi) is 3.10. The lowest BCUT2D eigenvalue weighted by atomic mass is 10.0. The van der Waals surface area contributed by atoms with Crippen molar-refractivity contribution in [3.05, 3.63) is 23.4 Å². The van der Waals surface area contributed by atoms with Crippen LogP contribution in [-0.2, 0) is 0 Å². The van der Waals surface area contributed by atoms with Gasteiger partial charge >= 0.3 is 0 Å². The Balaban J connectivity index is 2.04. The molecule has 1 atom stereocenters. The van der Waals surface area contributed by atoms with Crippen molar-refractivity contribution < 1.29 is 4.39 Å². The molecule has 1 aliphatic carbocycles. The van der Waals surface area contributed by atoms with E-state index in [1.54, 1.807) is 0 Å². The fourth-order valence-electron chi connectivity index (χ4n) is 2.16. The predicted octanol–water partition coefficient (Wildman–Crippen LogP) is 1.81. The third-order valence-electron chi connectivity index (χ3n) is 3.23. The van der Waals surface area contributed by atoms with Gasteiger partial charge in [-0.1, -0.05) is 11.6 Å². The van der Waals surface area contributed by atoms with Gasteiger partial charge in [0.25, 0.3) is 0 Å². The highest BCUT2D eigenvalue weighted by molar-refractivity contribution is 5.26. The van der Waals surface area contributed by atoms with E-state index in [9.17, 15) is 4.39 Å². The van der Waals surface area contributed by atoms with Gasteiger partial charge in [0, 0.05) is 38.3 Å². The predicted molar refractivity (Wildman–Crippen MR) is 60.4 cm³/mol. The molecule has 0 radical (unpaired) electrons. The molecule has 0 N–H and O–H groups in total. The molecule has 0 saturated carbocycles. The number of alkyl halides is 1. The van der Waals surface area contributed by atoms with Crippen LogP contribution in [0.5, 0.6) is 0 Å². The molecule has 1 saturated heterocycles. The first kappa shape index (κ1) is 10.7. The van der Waals surface area contributed by atoms with E-state index in [0.717, 1.165) is 37.4 Å². The highest BCUT2D eigenvalue weighted by Gasteiger charge is 2.24. The topological polar surface area (TPSA) is 6.48 Å². The minimum absolute atomic E-state index is 0.568. The van der Waals surface area contributed by atoms with E-state index in [1.165, 1.54) is 0 Å². The zero-order valence-corrected chi connectivity index (χ0v) is 9.54. The molecule has 0 spiro atoms. The summed E-state index contributed by atoms with van der Waals surface area (Å²) < 4.78 is 13.8. The van der Waals surface area contributed by atoms with Crippen LogP contribution in [-0.4, -0.2) is 49.2 Å². The van der Waals surface area contributed by atoms with Crippen molar-refractivity contribution in [2.45, 2.75) is 19.5 Å². The first-order chi connectivity index (χ1) is 7.16. The second-order valence-corrected chi connectivity index (χ2v) is 4.57. The van der Waals surface area contributed by atoms with Crippen LogP contribution >= 0.6 is 0 Å². The fraction of sp³-hybridized carbons (Fsp3) is 0.667. The minimum atomic E-state index is -0.793. The Morgan fingerprint density at radius 3 is 2.47 bits per heavy atom. The van der Waals surface area contributed by atoms with Crippen LogP contribution in [0.4, 0.5) is 4.39 Å². The fourth-order valence-corrected chi connectivity index (χ4v) is 2.16. The number of hydrogen-bond donors (Lipinski definition) is 0. The number of hydrogen-bond acceptors (Lipinski definition) is 2. The third-order valence-corrected chi connectivity index (χ3v) is 3.23. The zero-order valence-electron chi connectivity index (χ0n) is 9.54. The van der Waals surface area contributed by atoms with Crippen LogP contribution in [0, 0.1) is 0 Å². The Labute approximate surface area is 91.0 Å². The summed E-state index contributed by atoms with van der Waals surface area (Å²) >= 11 is 0. The smallest absolute Gasteiger partial charge is 0.143 e. The minimum Gasteiger partial charge on any atom is -0.370 e. The number of rotatable bonds is 1. The van der Waals surface area contributed by atoms with Gasteiger partial charge in [-0.25, -0.2) is 4.39 Å². The van der Waals surface area contributed by atoms with Crippen molar-refractivity contribution in [2.75, 3.05) is 33.2 Å². The van der Waals surface area contributed by atoms with Gasteiger partial charge in [0.1, 0.15) is 6.17 Å². The van der Waals surface area contributed by atoms with E-state index in [1.807, 2.05) is 19.1 Å². The molecule has 0 bridgehead atoms. The first-order valence-electron chi connectivity index (χ1n) is 5.62. The van der Waals surface area contributed by atoms with Gasteiger partial charge < -0.3 is 9.80 Å². The summed E-state index contributed by atoms with van der Waals surface area (Å²) in [6.07, 6.45) is 3.77. The molecule has 2 rings (SSSR count). The van der Waals surface area contributed by atoms with Gasteiger partial charge in [-0.2, -0.15) is 0 Å². The van der Waals surface area contributed by atoms with Gasteiger partial charge in [-0.05, 0) is 20.0 Å². The van der Waals surface area contributed by atoms with Gasteiger partial charge in [0.15, 0.2) is 0 Å². The Bertz CT molecular complexity index is 288. The summed E-state index contributed by atoms with van der Waals surface area (Å²) in [7, 11) is 2.11. The lowest BCUT2D eigenvalue weighted by Gasteiger charge is -2.37. The van der Waals surface area contributed by atoms with Crippen molar-refractivity contribution in [1.29, 1.82) is 0 Å².